The van der Waals surface area contributed by atoms with Gasteiger partial charge in [-0.15, -0.1) is 22.1 Å². The molecule has 2 aromatic heterocycles. The topological polar surface area (TPSA) is 72.4 Å². The van der Waals surface area contributed by atoms with E-state index in [1.165, 1.54) is 5.56 Å². The minimum atomic E-state index is 0. The third-order valence-corrected chi connectivity index (χ3v) is 3.50. The average molecular weight is 468 g/mol. The lowest BCUT2D eigenvalue weighted by molar-refractivity contribution is -0.671. The molecular formula is C17H20Br2N6. The molecule has 3 aromatic rings. The Labute approximate surface area is 167 Å². The Balaban J connectivity index is 0.00000156. The number of aryl methyl sites for hydroxylation is 2. The van der Waals surface area contributed by atoms with Gasteiger partial charge in [0.1, 0.15) is 18.6 Å². The summed E-state index contributed by atoms with van der Waals surface area (Å²) in [5.41, 5.74) is 9.79. The molecular weight excluding hydrogens is 448 g/mol. The lowest BCUT2D eigenvalue weighted by Gasteiger charge is -2.03. The molecule has 0 unspecified atom stereocenters. The first-order valence-corrected chi connectivity index (χ1v) is 7.36. The van der Waals surface area contributed by atoms with E-state index < -0.39 is 0 Å². The number of rotatable bonds is 4. The Bertz CT molecular complexity index is 843. The van der Waals surface area contributed by atoms with Crippen LogP contribution in [0.1, 0.15) is 11.1 Å². The Morgan fingerprint density at radius 1 is 1.16 bits per heavy atom. The highest BCUT2D eigenvalue weighted by atomic mass is 79.9. The van der Waals surface area contributed by atoms with E-state index in [0.29, 0.717) is 18.1 Å². The molecule has 0 saturated heterocycles. The highest BCUT2D eigenvalue weighted by molar-refractivity contribution is 8.93. The number of hydrogen-bond acceptors (Lipinski definition) is 4. The zero-order chi connectivity index (χ0) is 16.2. The number of pyridine rings is 1. The Hall–Kier alpha value is -2.06. The number of nitrogens with zero attached hydrogens (tertiary/aromatic N) is 5. The van der Waals surface area contributed by atoms with Crippen molar-refractivity contribution in [3.63, 3.8) is 0 Å². The van der Waals surface area contributed by atoms with Crippen LogP contribution in [0.3, 0.4) is 0 Å². The molecule has 25 heavy (non-hydrogen) atoms. The van der Waals surface area contributed by atoms with E-state index in [0.717, 1.165) is 11.3 Å². The van der Waals surface area contributed by atoms with Crippen molar-refractivity contribution in [1.82, 2.24) is 9.78 Å². The summed E-state index contributed by atoms with van der Waals surface area (Å²) < 4.78 is 3.71. The van der Waals surface area contributed by atoms with Crippen LogP contribution >= 0.6 is 17.0 Å². The average Bonchev–Trinajstić information content (AvgIpc) is 2.87. The third kappa shape index (κ3) is 5.47. The van der Waals surface area contributed by atoms with E-state index in [4.69, 9.17) is 5.73 Å². The van der Waals surface area contributed by atoms with Gasteiger partial charge in [-0.05, 0) is 25.1 Å². The molecule has 6 nitrogen and oxygen atoms in total. The van der Waals surface area contributed by atoms with Gasteiger partial charge >= 0.3 is 0 Å². The summed E-state index contributed by atoms with van der Waals surface area (Å²) >= 11 is 0. The summed E-state index contributed by atoms with van der Waals surface area (Å²) in [6.45, 7) is 2.63. The number of hydrogen-bond donors (Lipinski definition) is 1. The molecule has 132 valence electrons. The van der Waals surface area contributed by atoms with Crippen LogP contribution < -0.4 is 27.3 Å². The minimum absolute atomic E-state index is 0. The van der Waals surface area contributed by atoms with Crippen LogP contribution in [-0.2, 0) is 13.6 Å². The molecule has 0 aliphatic heterocycles. The lowest BCUT2D eigenvalue weighted by Crippen LogP contribution is -3.00. The SMILES string of the molecule is Br.Cc1ccc(N=Nc2cnn(Cc3ccc[n+](C)c3)c2N)cc1.[Br-]. The summed E-state index contributed by atoms with van der Waals surface area (Å²) in [5, 5.41) is 12.7. The molecule has 0 atom stereocenters. The van der Waals surface area contributed by atoms with Crippen molar-refractivity contribution in [3.05, 3.63) is 66.1 Å². The number of benzene rings is 1. The number of azo groups is 1. The van der Waals surface area contributed by atoms with Gasteiger partial charge in [0.2, 0.25) is 0 Å². The van der Waals surface area contributed by atoms with E-state index in [9.17, 15) is 0 Å². The second-order valence-corrected chi connectivity index (χ2v) is 5.49. The highest BCUT2D eigenvalue weighted by Crippen LogP contribution is 2.24. The predicted molar refractivity (Wildman–Crippen MR) is 99.0 cm³/mol. The standard InChI is InChI=1S/C17H19N6.2BrH/c1-13-5-7-15(8-6-13)20-21-16-10-19-23(17(16)18)12-14-4-3-9-22(2)11-14;;/h3-11H,12,18H2,1-2H3;2*1H/q+1;;/p-1. The van der Waals surface area contributed by atoms with Gasteiger partial charge in [0.05, 0.1) is 18.4 Å². The first-order chi connectivity index (χ1) is 11.1. The molecule has 2 heterocycles. The Morgan fingerprint density at radius 2 is 1.88 bits per heavy atom. The molecule has 8 heteroatoms. The number of nitrogen functional groups attached to an aromatic ring is 1. The smallest absolute Gasteiger partial charge is 0.173 e. The lowest BCUT2D eigenvalue weighted by atomic mass is 10.2. The fourth-order valence-corrected chi connectivity index (χ4v) is 2.23. The van der Waals surface area contributed by atoms with E-state index in [2.05, 4.69) is 15.3 Å². The van der Waals surface area contributed by atoms with Gasteiger partial charge in [0, 0.05) is 11.6 Å². The quantitative estimate of drug-likeness (QED) is 0.451. The van der Waals surface area contributed by atoms with E-state index in [1.54, 1.807) is 10.9 Å². The predicted octanol–water partition coefficient (Wildman–Crippen LogP) is 0.644. The van der Waals surface area contributed by atoms with Crippen LogP contribution in [0.2, 0.25) is 0 Å². The summed E-state index contributed by atoms with van der Waals surface area (Å²) in [5.74, 6) is 0.507. The maximum Gasteiger partial charge on any atom is 0.173 e. The molecule has 0 amide bonds. The van der Waals surface area contributed by atoms with Crippen LogP contribution in [0.25, 0.3) is 0 Å². The van der Waals surface area contributed by atoms with Gasteiger partial charge in [-0.2, -0.15) is 10.2 Å². The van der Waals surface area contributed by atoms with Gasteiger partial charge in [0.15, 0.2) is 12.4 Å². The number of anilines is 1. The van der Waals surface area contributed by atoms with Crippen molar-refractivity contribution in [2.75, 3.05) is 5.73 Å². The summed E-state index contributed by atoms with van der Waals surface area (Å²) in [7, 11) is 1.98. The summed E-state index contributed by atoms with van der Waals surface area (Å²) in [6.07, 6.45) is 5.65. The fourth-order valence-electron chi connectivity index (χ4n) is 2.23. The molecule has 3 rings (SSSR count). The normalized spacial score (nSPS) is 10.3. The molecule has 0 bridgehead atoms. The van der Waals surface area contributed by atoms with Gasteiger partial charge in [0.25, 0.3) is 0 Å². The van der Waals surface area contributed by atoms with Crippen molar-refractivity contribution in [3.8, 4) is 0 Å². The van der Waals surface area contributed by atoms with Crippen LogP contribution in [0.4, 0.5) is 17.2 Å². The molecule has 0 aliphatic rings. The Kier molecular flexibility index (Phi) is 7.92. The highest BCUT2D eigenvalue weighted by Gasteiger charge is 2.08. The van der Waals surface area contributed by atoms with E-state index >= 15 is 0 Å². The molecule has 0 saturated carbocycles. The Morgan fingerprint density at radius 3 is 2.56 bits per heavy atom. The van der Waals surface area contributed by atoms with Crippen molar-refractivity contribution < 1.29 is 21.5 Å². The zero-order valence-electron chi connectivity index (χ0n) is 14.0. The van der Waals surface area contributed by atoms with Gasteiger partial charge < -0.3 is 22.7 Å². The zero-order valence-corrected chi connectivity index (χ0v) is 17.3. The number of halogens is 2. The van der Waals surface area contributed by atoms with Crippen molar-refractivity contribution in [1.29, 1.82) is 0 Å². The molecule has 1 aromatic carbocycles. The maximum absolute atomic E-state index is 6.12. The van der Waals surface area contributed by atoms with Crippen LogP contribution in [0, 0.1) is 6.92 Å². The van der Waals surface area contributed by atoms with E-state index in [1.807, 2.05) is 67.3 Å². The van der Waals surface area contributed by atoms with Crippen LogP contribution in [0.15, 0.2) is 65.2 Å². The minimum Gasteiger partial charge on any atom is -1.00 e. The molecule has 0 fully saturated rings. The van der Waals surface area contributed by atoms with Crippen molar-refractivity contribution >= 4 is 34.2 Å². The maximum atomic E-state index is 6.12. The van der Waals surface area contributed by atoms with E-state index in [-0.39, 0.29) is 34.0 Å². The van der Waals surface area contributed by atoms with Gasteiger partial charge in [-0.3, -0.25) is 0 Å². The first kappa shape index (κ1) is 21.0. The first-order valence-electron chi connectivity index (χ1n) is 7.36. The van der Waals surface area contributed by atoms with Gasteiger partial charge in [-0.25, -0.2) is 9.25 Å². The van der Waals surface area contributed by atoms with Crippen LogP contribution in [-0.4, -0.2) is 9.78 Å². The summed E-state index contributed by atoms with van der Waals surface area (Å²) in [4.78, 5) is 0. The largest absolute Gasteiger partial charge is 1.00 e. The molecule has 0 spiro atoms. The van der Waals surface area contributed by atoms with Gasteiger partial charge in [-0.1, -0.05) is 17.7 Å². The molecule has 0 aliphatic carbocycles. The monoisotopic (exact) mass is 466 g/mol. The molecule has 0 radical (unpaired) electrons. The van der Waals surface area contributed by atoms with Crippen LogP contribution in [0.5, 0.6) is 0 Å². The van der Waals surface area contributed by atoms with Crippen molar-refractivity contribution in [2.45, 2.75) is 13.5 Å². The fraction of sp³-hybridized carbons (Fsp3) is 0.176. The second kappa shape index (κ2) is 9.43. The third-order valence-electron chi connectivity index (χ3n) is 3.50. The summed E-state index contributed by atoms with van der Waals surface area (Å²) in [6, 6.07) is 11.9. The molecule has 2 N–H and O–H groups in total. The number of nitrogens with two attached hydrogens (primary N) is 1. The second-order valence-electron chi connectivity index (χ2n) is 5.49. The number of aromatic nitrogens is 3. The van der Waals surface area contributed by atoms with Crippen molar-refractivity contribution in [2.24, 2.45) is 17.3 Å².